The SMILES string of the molecule is COc1ccc(N2C[C@H](CN3CCC(Oc4ccc([N+](=O)[O-])cc4)CC3)OC2=O)cc1. The minimum absolute atomic E-state index is 0.0527. The van der Waals surface area contributed by atoms with Crippen molar-refractivity contribution in [2.75, 3.05) is 38.2 Å². The zero-order valence-corrected chi connectivity index (χ0v) is 17.3. The summed E-state index contributed by atoms with van der Waals surface area (Å²) in [5, 5.41) is 10.7. The minimum Gasteiger partial charge on any atom is -0.497 e. The molecular weight excluding hydrogens is 402 g/mol. The summed E-state index contributed by atoms with van der Waals surface area (Å²) in [4.78, 5) is 26.5. The van der Waals surface area contributed by atoms with Crippen LogP contribution in [-0.2, 0) is 4.74 Å². The minimum atomic E-state index is -0.423. The van der Waals surface area contributed by atoms with Crippen molar-refractivity contribution in [1.29, 1.82) is 0 Å². The zero-order valence-electron chi connectivity index (χ0n) is 17.3. The van der Waals surface area contributed by atoms with Crippen molar-refractivity contribution >= 4 is 17.5 Å². The molecule has 0 N–H and O–H groups in total. The van der Waals surface area contributed by atoms with Gasteiger partial charge in [0.15, 0.2) is 0 Å². The molecule has 1 atom stereocenters. The van der Waals surface area contributed by atoms with Gasteiger partial charge in [0.2, 0.25) is 0 Å². The van der Waals surface area contributed by atoms with Gasteiger partial charge in [-0.15, -0.1) is 0 Å². The van der Waals surface area contributed by atoms with E-state index in [1.165, 1.54) is 12.1 Å². The van der Waals surface area contributed by atoms with Crippen molar-refractivity contribution in [1.82, 2.24) is 4.90 Å². The predicted octanol–water partition coefficient (Wildman–Crippen LogP) is 3.47. The van der Waals surface area contributed by atoms with Gasteiger partial charge in [-0.3, -0.25) is 19.9 Å². The molecule has 31 heavy (non-hydrogen) atoms. The molecule has 9 nitrogen and oxygen atoms in total. The number of carbonyl (C=O) groups excluding carboxylic acids is 1. The van der Waals surface area contributed by atoms with Crippen molar-refractivity contribution in [3.05, 3.63) is 58.6 Å². The molecule has 0 spiro atoms. The third-order valence-electron chi connectivity index (χ3n) is 5.60. The van der Waals surface area contributed by atoms with Crippen LogP contribution in [0.5, 0.6) is 11.5 Å². The molecule has 9 heteroatoms. The smallest absolute Gasteiger partial charge is 0.414 e. The van der Waals surface area contributed by atoms with Crippen molar-refractivity contribution in [2.24, 2.45) is 0 Å². The lowest BCUT2D eigenvalue weighted by Crippen LogP contribution is -2.42. The highest BCUT2D eigenvalue weighted by Gasteiger charge is 2.34. The molecule has 1 amide bonds. The number of ether oxygens (including phenoxy) is 3. The number of carbonyl (C=O) groups is 1. The molecule has 164 valence electrons. The Hall–Kier alpha value is -3.33. The number of rotatable bonds is 7. The van der Waals surface area contributed by atoms with E-state index < -0.39 is 4.92 Å². The van der Waals surface area contributed by atoms with Gasteiger partial charge < -0.3 is 14.2 Å². The second kappa shape index (κ2) is 9.22. The Balaban J connectivity index is 1.24. The number of hydrogen-bond acceptors (Lipinski definition) is 7. The lowest BCUT2D eigenvalue weighted by Gasteiger charge is -2.33. The van der Waals surface area contributed by atoms with Crippen LogP contribution in [0.25, 0.3) is 0 Å². The number of piperidine rings is 1. The first-order valence-electron chi connectivity index (χ1n) is 10.3. The molecule has 0 aromatic heterocycles. The van der Waals surface area contributed by atoms with Crippen LogP contribution >= 0.6 is 0 Å². The maximum atomic E-state index is 12.3. The van der Waals surface area contributed by atoms with Gasteiger partial charge in [-0.25, -0.2) is 4.79 Å². The number of non-ortho nitro benzene ring substituents is 1. The number of amides is 1. The number of nitro groups is 1. The Bertz CT molecular complexity index is 910. The van der Waals surface area contributed by atoms with Crippen LogP contribution < -0.4 is 14.4 Å². The number of anilines is 1. The van der Waals surface area contributed by atoms with E-state index in [9.17, 15) is 14.9 Å². The van der Waals surface area contributed by atoms with Gasteiger partial charge in [0.05, 0.1) is 18.6 Å². The van der Waals surface area contributed by atoms with E-state index in [4.69, 9.17) is 14.2 Å². The molecule has 2 aliphatic heterocycles. The number of hydrogen-bond donors (Lipinski definition) is 0. The number of nitrogens with zero attached hydrogens (tertiary/aromatic N) is 3. The lowest BCUT2D eigenvalue weighted by molar-refractivity contribution is -0.384. The monoisotopic (exact) mass is 427 g/mol. The summed E-state index contributed by atoms with van der Waals surface area (Å²) in [5.41, 5.74) is 0.848. The molecule has 4 rings (SSSR count). The Kier molecular flexibility index (Phi) is 6.22. The highest BCUT2D eigenvalue weighted by Crippen LogP contribution is 2.26. The van der Waals surface area contributed by atoms with Crippen molar-refractivity contribution in [3.63, 3.8) is 0 Å². The first-order chi connectivity index (χ1) is 15.0. The standard InChI is InChI=1S/C22H25N3O6/c1-29-18-6-2-16(3-7-18)24-15-21(31-22(24)26)14-23-12-10-20(11-13-23)30-19-8-4-17(5-9-19)25(27)28/h2-9,20-21H,10-15H2,1H3/t21-/m0/s1. The Labute approximate surface area is 180 Å². The van der Waals surface area contributed by atoms with Crippen LogP contribution in [0.1, 0.15) is 12.8 Å². The third kappa shape index (κ3) is 5.05. The summed E-state index contributed by atoms with van der Waals surface area (Å²) >= 11 is 0. The van der Waals surface area contributed by atoms with Gasteiger partial charge in [-0.1, -0.05) is 0 Å². The van der Waals surface area contributed by atoms with Gasteiger partial charge in [-0.2, -0.15) is 0 Å². The number of cyclic esters (lactones) is 1. The van der Waals surface area contributed by atoms with E-state index >= 15 is 0 Å². The Morgan fingerprint density at radius 1 is 1.06 bits per heavy atom. The molecule has 0 unspecified atom stereocenters. The maximum absolute atomic E-state index is 12.3. The molecule has 0 aliphatic carbocycles. The molecule has 2 saturated heterocycles. The third-order valence-corrected chi connectivity index (χ3v) is 5.60. The normalized spacial score (nSPS) is 19.8. The van der Waals surface area contributed by atoms with E-state index in [2.05, 4.69) is 4.90 Å². The van der Waals surface area contributed by atoms with Gasteiger partial charge >= 0.3 is 6.09 Å². The van der Waals surface area contributed by atoms with Gasteiger partial charge in [0, 0.05) is 37.5 Å². The molecule has 0 saturated carbocycles. The highest BCUT2D eigenvalue weighted by atomic mass is 16.6. The lowest BCUT2D eigenvalue weighted by atomic mass is 10.1. The van der Waals surface area contributed by atoms with Crippen LogP contribution in [0.3, 0.4) is 0 Å². The Morgan fingerprint density at radius 2 is 1.71 bits per heavy atom. The molecule has 0 radical (unpaired) electrons. The summed E-state index contributed by atoms with van der Waals surface area (Å²) in [6, 6.07) is 13.5. The second-order valence-corrected chi connectivity index (χ2v) is 7.68. The first-order valence-corrected chi connectivity index (χ1v) is 10.3. The summed E-state index contributed by atoms with van der Waals surface area (Å²) in [6.45, 7) is 2.88. The Morgan fingerprint density at radius 3 is 2.32 bits per heavy atom. The van der Waals surface area contributed by atoms with E-state index in [1.807, 2.05) is 24.3 Å². The fraction of sp³-hybridized carbons (Fsp3) is 0.409. The summed E-state index contributed by atoms with van der Waals surface area (Å²) in [5.74, 6) is 1.38. The molecule has 0 bridgehead atoms. The molecule has 2 aromatic carbocycles. The van der Waals surface area contributed by atoms with Gasteiger partial charge in [0.1, 0.15) is 23.7 Å². The molecular formula is C22H25N3O6. The van der Waals surface area contributed by atoms with Crippen LogP contribution in [0.4, 0.5) is 16.2 Å². The fourth-order valence-corrected chi connectivity index (χ4v) is 3.93. The average Bonchev–Trinajstić information content (AvgIpc) is 3.15. The highest BCUT2D eigenvalue weighted by molar-refractivity contribution is 5.89. The average molecular weight is 427 g/mol. The first kappa shape index (κ1) is 20.9. The summed E-state index contributed by atoms with van der Waals surface area (Å²) < 4.78 is 16.7. The van der Waals surface area contributed by atoms with E-state index in [1.54, 1.807) is 24.1 Å². The van der Waals surface area contributed by atoms with Crippen molar-refractivity contribution in [3.8, 4) is 11.5 Å². The molecule has 2 aliphatic rings. The number of nitro benzene ring substituents is 1. The predicted molar refractivity (Wildman–Crippen MR) is 114 cm³/mol. The number of likely N-dealkylation sites (tertiary alicyclic amines) is 1. The second-order valence-electron chi connectivity index (χ2n) is 7.68. The number of methoxy groups -OCH3 is 1. The maximum Gasteiger partial charge on any atom is 0.414 e. The van der Waals surface area contributed by atoms with E-state index in [0.717, 1.165) is 37.4 Å². The summed E-state index contributed by atoms with van der Waals surface area (Å²) in [7, 11) is 1.61. The molecule has 2 aromatic rings. The van der Waals surface area contributed by atoms with Crippen LogP contribution in [0.15, 0.2) is 48.5 Å². The van der Waals surface area contributed by atoms with Crippen LogP contribution in [0, 0.1) is 10.1 Å². The van der Waals surface area contributed by atoms with Gasteiger partial charge in [-0.05, 0) is 49.2 Å². The topological polar surface area (TPSA) is 94.4 Å². The van der Waals surface area contributed by atoms with Crippen LogP contribution in [-0.4, -0.2) is 61.4 Å². The van der Waals surface area contributed by atoms with Crippen molar-refractivity contribution in [2.45, 2.75) is 25.0 Å². The molecule has 2 heterocycles. The largest absolute Gasteiger partial charge is 0.497 e. The quantitative estimate of drug-likeness (QED) is 0.493. The molecule has 2 fully saturated rings. The van der Waals surface area contributed by atoms with Crippen LogP contribution in [0.2, 0.25) is 0 Å². The van der Waals surface area contributed by atoms with E-state index in [-0.39, 0.29) is 24.0 Å². The fourth-order valence-electron chi connectivity index (χ4n) is 3.93. The van der Waals surface area contributed by atoms with Crippen molar-refractivity contribution < 1.29 is 23.9 Å². The zero-order chi connectivity index (χ0) is 21.8. The van der Waals surface area contributed by atoms with Gasteiger partial charge in [0.25, 0.3) is 5.69 Å². The summed E-state index contributed by atoms with van der Waals surface area (Å²) in [6.07, 6.45) is 1.26. The number of benzene rings is 2. The van der Waals surface area contributed by atoms with E-state index in [0.29, 0.717) is 18.8 Å².